The number of carbonyl (C=O) groups excluding carboxylic acids is 3. The highest BCUT2D eigenvalue weighted by atomic mass is 16.6. The third-order valence-electron chi connectivity index (χ3n) is 12.4. The van der Waals surface area contributed by atoms with Crippen LogP contribution in [0.3, 0.4) is 0 Å². The maximum Gasteiger partial charge on any atom is 0.306 e. The third-order valence-corrected chi connectivity index (χ3v) is 12.4. The van der Waals surface area contributed by atoms with Crippen molar-refractivity contribution in [2.24, 2.45) is 0 Å². The van der Waals surface area contributed by atoms with Crippen molar-refractivity contribution >= 4 is 17.9 Å². The van der Waals surface area contributed by atoms with Gasteiger partial charge < -0.3 is 14.2 Å². The Balaban J connectivity index is 4.32. The number of carbonyl (C=O) groups is 3. The zero-order chi connectivity index (χ0) is 47.2. The zero-order valence-corrected chi connectivity index (χ0v) is 43.3. The van der Waals surface area contributed by atoms with E-state index in [4.69, 9.17) is 14.2 Å². The van der Waals surface area contributed by atoms with Gasteiger partial charge in [0.1, 0.15) is 13.2 Å². The Kier molecular flexibility index (Phi) is 51.8. The minimum atomic E-state index is -0.806. The van der Waals surface area contributed by atoms with Gasteiger partial charge in [-0.15, -0.1) is 0 Å². The predicted molar refractivity (Wildman–Crippen MR) is 279 cm³/mol. The first-order chi connectivity index (χ1) is 32.0. The lowest BCUT2D eigenvalue weighted by Gasteiger charge is -2.18. The molecule has 0 saturated heterocycles. The highest BCUT2D eigenvalue weighted by Crippen LogP contribution is 2.17. The lowest BCUT2D eigenvalue weighted by molar-refractivity contribution is -0.166. The van der Waals surface area contributed by atoms with Crippen LogP contribution in [0.4, 0.5) is 0 Å². The molecule has 6 heteroatoms. The van der Waals surface area contributed by atoms with Gasteiger partial charge in [0, 0.05) is 19.3 Å². The molecule has 0 spiro atoms. The van der Waals surface area contributed by atoms with Crippen LogP contribution in [0.25, 0.3) is 0 Å². The largest absolute Gasteiger partial charge is 0.462 e. The smallest absolute Gasteiger partial charge is 0.306 e. The summed E-state index contributed by atoms with van der Waals surface area (Å²) in [7, 11) is 0. The molecule has 378 valence electrons. The molecule has 0 amide bonds. The Labute approximate surface area is 403 Å². The van der Waals surface area contributed by atoms with Gasteiger partial charge in [-0.2, -0.15) is 0 Å². The van der Waals surface area contributed by atoms with Crippen LogP contribution < -0.4 is 0 Å². The molecule has 65 heavy (non-hydrogen) atoms. The first-order valence-electron chi connectivity index (χ1n) is 28.1. The number of hydrogen-bond donors (Lipinski definition) is 0. The Morgan fingerprint density at radius 3 is 0.908 bits per heavy atom. The highest BCUT2D eigenvalue weighted by molar-refractivity contribution is 5.71. The zero-order valence-electron chi connectivity index (χ0n) is 43.3. The Bertz CT molecular complexity index is 1140. The maximum atomic E-state index is 12.8. The van der Waals surface area contributed by atoms with E-state index in [0.29, 0.717) is 19.3 Å². The van der Waals surface area contributed by atoms with Crippen LogP contribution in [0.15, 0.2) is 48.6 Å². The number of rotatable bonds is 51. The molecule has 0 aliphatic carbocycles. The molecule has 0 bridgehead atoms. The van der Waals surface area contributed by atoms with Crippen LogP contribution in [0.2, 0.25) is 0 Å². The van der Waals surface area contributed by atoms with Crippen molar-refractivity contribution in [3.63, 3.8) is 0 Å². The van der Waals surface area contributed by atoms with Crippen molar-refractivity contribution in [2.75, 3.05) is 13.2 Å². The number of ether oxygens (including phenoxy) is 3. The van der Waals surface area contributed by atoms with Crippen LogP contribution in [0.1, 0.15) is 290 Å². The average molecular weight is 911 g/mol. The van der Waals surface area contributed by atoms with E-state index in [2.05, 4.69) is 63.3 Å². The van der Waals surface area contributed by atoms with Gasteiger partial charge in [-0.05, 0) is 44.9 Å². The fraction of sp³-hybridized carbons (Fsp3) is 0.814. The fourth-order valence-electron chi connectivity index (χ4n) is 8.16. The summed E-state index contributed by atoms with van der Waals surface area (Å²) in [6.45, 7) is 6.50. The van der Waals surface area contributed by atoms with E-state index in [-0.39, 0.29) is 37.5 Å². The summed E-state index contributed by atoms with van der Waals surface area (Å²) in [6.07, 6.45) is 65.5. The Morgan fingerprint density at radius 2 is 0.600 bits per heavy atom. The second kappa shape index (κ2) is 54.0. The number of esters is 3. The van der Waals surface area contributed by atoms with Gasteiger partial charge in [0.15, 0.2) is 6.10 Å². The summed E-state index contributed by atoms with van der Waals surface area (Å²) < 4.78 is 16.8. The average Bonchev–Trinajstić information content (AvgIpc) is 3.30. The summed E-state index contributed by atoms with van der Waals surface area (Å²) in [5, 5.41) is 0. The van der Waals surface area contributed by atoms with Gasteiger partial charge in [0.05, 0.1) is 0 Å². The second-order valence-electron chi connectivity index (χ2n) is 18.8. The van der Waals surface area contributed by atoms with Crippen molar-refractivity contribution in [3.05, 3.63) is 48.6 Å². The molecule has 0 aromatic heterocycles. The topological polar surface area (TPSA) is 78.9 Å². The summed E-state index contributed by atoms with van der Waals surface area (Å²) in [5.74, 6) is -0.966. The molecule has 0 rings (SSSR count). The highest BCUT2D eigenvalue weighted by Gasteiger charge is 2.19. The van der Waals surface area contributed by atoms with Crippen LogP contribution in [0, 0.1) is 0 Å². The van der Waals surface area contributed by atoms with Crippen molar-refractivity contribution in [1.82, 2.24) is 0 Å². The molecule has 0 heterocycles. The number of unbranched alkanes of at least 4 members (excludes halogenated alkanes) is 32. The van der Waals surface area contributed by atoms with Crippen molar-refractivity contribution in [3.8, 4) is 0 Å². The van der Waals surface area contributed by atoms with E-state index in [0.717, 1.165) is 64.2 Å². The minimum absolute atomic E-state index is 0.0974. The van der Waals surface area contributed by atoms with Crippen molar-refractivity contribution < 1.29 is 28.6 Å². The van der Waals surface area contributed by atoms with Gasteiger partial charge >= 0.3 is 17.9 Å². The molecule has 0 aromatic rings. The van der Waals surface area contributed by atoms with Crippen LogP contribution in [0.5, 0.6) is 0 Å². The summed E-state index contributed by atoms with van der Waals surface area (Å²) >= 11 is 0. The standard InChI is InChI=1S/C59H106O6/c1-4-7-10-13-16-19-22-25-26-27-28-29-30-31-32-35-37-40-43-46-49-52-58(61)64-55-56(65-59(62)53-50-47-44-41-38-34-24-21-18-15-12-9-6-3)54-63-57(60)51-48-45-42-39-36-33-23-20-17-14-11-8-5-2/h9,12,18,21,34,38,44,47,56H,4-8,10-11,13-17,19-20,22-33,35-37,39-43,45-46,48-55H2,1-3H3/b12-9-,21-18-,38-34-,47-44-. The minimum Gasteiger partial charge on any atom is -0.462 e. The van der Waals surface area contributed by atoms with E-state index < -0.39 is 6.10 Å². The monoisotopic (exact) mass is 911 g/mol. The Morgan fingerprint density at radius 1 is 0.323 bits per heavy atom. The first kappa shape index (κ1) is 62.4. The van der Waals surface area contributed by atoms with Crippen LogP contribution in [-0.2, 0) is 28.6 Å². The van der Waals surface area contributed by atoms with Gasteiger partial charge in [0.25, 0.3) is 0 Å². The van der Waals surface area contributed by atoms with E-state index in [9.17, 15) is 14.4 Å². The summed E-state index contributed by atoms with van der Waals surface area (Å²) in [4.78, 5) is 38.0. The molecule has 0 fully saturated rings. The van der Waals surface area contributed by atoms with Gasteiger partial charge in [-0.25, -0.2) is 0 Å². The van der Waals surface area contributed by atoms with E-state index in [1.165, 1.54) is 180 Å². The number of allylic oxidation sites excluding steroid dienone is 8. The molecular weight excluding hydrogens is 805 g/mol. The van der Waals surface area contributed by atoms with Gasteiger partial charge in [-0.3, -0.25) is 14.4 Å². The van der Waals surface area contributed by atoms with Crippen molar-refractivity contribution in [1.29, 1.82) is 0 Å². The molecule has 1 unspecified atom stereocenters. The molecule has 0 aromatic carbocycles. The van der Waals surface area contributed by atoms with E-state index in [1.807, 2.05) is 6.08 Å². The van der Waals surface area contributed by atoms with Gasteiger partial charge in [0.2, 0.25) is 0 Å². The molecule has 0 radical (unpaired) electrons. The van der Waals surface area contributed by atoms with Gasteiger partial charge in [-0.1, -0.05) is 275 Å². The molecule has 0 N–H and O–H groups in total. The molecule has 0 aliphatic rings. The second-order valence-corrected chi connectivity index (χ2v) is 18.8. The maximum absolute atomic E-state index is 12.8. The quantitative estimate of drug-likeness (QED) is 0.0262. The lowest BCUT2D eigenvalue weighted by atomic mass is 10.0. The lowest BCUT2D eigenvalue weighted by Crippen LogP contribution is -2.30. The van der Waals surface area contributed by atoms with Crippen LogP contribution >= 0.6 is 0 Å². The van der Waals surface area contributed by atoms with E-state index >= 15 is 0 Å². The summed E-state index contributed by atoms with van der Waals surface area (Å²) in [5.41, 5.74) is 0. The molecule has 0 saturated carbocycles. The van der Waals surface area contributed by atoms with Crippen LogP contribution in [-0.4, -0.2) is 37.2 Å². The molecule has 1 atom stereocenters. The number of hydrogen-bond acceptors (Lipinski definition) is 6. The van der Waals surface area contributed by atoms with Crippen molar-refractivity contribution in [2.45, 2.75) is 297 Å². The molecule has 0 aliphatic heterocycles. The Hall–Kier alpha value is -2.63. The molecule has 6 nitrogen and oxygen atoms in total. The third kappa shape index (κ3) is 52.2. The normalized spacial score (nSPS) is 12.4. The van der Waals surface area contributed by atoms with E-state index in [1.54, 1.807) is 0 Å². The molecular formula is C59H106O6. The first-order valence-corrected chi connectivity index (χ1v) is 28.1. The summed E-state index contributed by atoms with van der Waals surface area (Å²) in [6, 6.07) is 0. The fourth-order valence-corrected chi connectivity index (χ4v) is 8.16. The SMILES string of the molecule is CC/C=C\C/C=C\C/C=C\C/C=C\CCC(=O)OC(COC(=O)CCCCCCCCCCCCCCC)COC(=O)CCCCCCCCCCCCCCCCCCCCCCC. The predicted octanol–water partition coefficient (Wildman–Crippen LogP) is 18.7.